The van der Waals surface area contributed by atoms with Gasteiger partial charge in [-0.1, -0.05) is 37.3 Å². The molecule has 0 saturated heterocycles. The van der Waals surface area contributed by atoms with E-state index in [9.17, 15) is 4.79 Å². The third-order valence-corrected chi connectivity index (χ3v) is 6.17. The number of fused-ring (bicyclic) bond motifs is 1. The molecule has 0 atom stereocenters. The van der Waals surface area contributed by atoms with Crippen LogP contribution in [-0.2, 0) is 0 Å². The van der Waals surface area contributed by atoms with Crippen LogP contribution in [0, 0.1) is 13.8 Å². The van der Waals surface area contributed by atoms with Crippen LogP contribution in [-0.4, -0.2) is 49.1 Å². The number of carbonyl (C=O) groups is 1. The van der Waals surface area contributed by atoms with Crippen LogP contribution in [0.15, 0.2) is 36.4 Å². The third kappa shape index (κ3) is 5.31. The number of aryl methyl sites for hydroxylation is 2. The Labute approximate surface area is 189 Å². The van der Waals surface area contributed by atoms with Crippen molar-refractivity contribution < 1.29 is 9.53 Å². The summed E-state index contributed by atoms with van der Waals surface area (Å²) in [5.74, 6) is 0.625. The second-order valence-corrected chi connectivity index (χ2v) is 8.15. The van der Waals surface area contributed by atoms with Crippen molar-refractivity contribution in [1.29, 1.82) is 0 Å². The number of hydrogen-bond acceptors (Lipinski definition) is 5. The zero-order chi connectivity index (χ0) is 21.0. The first-order valence-electron chi connectivity index (χ1n) is 10.0. The number of nitrogens with zero attached hydrogens (tertiary/aromatic N) is 3. The van der Waals surface area contributed by atoms with E-state index in [2.05, 4.69) is 44.7 Å². The molecule has 0 aliphatic heterocycles. The largest absolute Gasteiger partial charge is 0.497 e. The molecule has 0 saturated carbocycles. The van der Waals surface area contributed by atoms with E-state index < -0.39 is 0 Å². The maximum atomic E-state index is 13.4. The van der Waals surface area contributed by atoms with Gasteiger partial charge in [0, 0.05) is 18.7 Å². The first-order valence-corrected chi connectivity index (χ1v) is 10.8. The van der Waals surface area contributed by atoms with Crippen molar-refractivity contribution in [2.45, 2.75) is 27.7 Å². The lowest BCUT2D eigenvalue weighted by molar-refractivity contribution is 0.0983. The molecule has 0 aliphatic carbocycles. The van der Waals surface area contributed by atoms with Crippen molar-refractivity contribution in [3.8, 4) is 5.75 Å². The molecule has 0 bridgehead atoms. The molecule has 1 heterocycles. The molecule has 2 aromatic carbocycles. The third-order valence-electron chi connectivity index (χ3n) is 5.15. The summed E-state index contributed by atoms with van der Waals surface area (Å²) in [6.07, 6.45) is 0. The Hall–Kier alpha value is -2.15. The fourth-order valence-corrected chi connectivity index (χ4v) is 4.62. The van der Waals surface area contributed by atoms with Crippen LogP contribution < -0.4 is 9.64 Å². The molecule has 0 N–H and O–H groups in total. The van der Waals surface area contributed by atoms with Gasteiger partial charge in [-0.3, -0.25) is 9.69 Å². The molecule has 0 aliphatic rings. The molecular weight excluding hydrogens is 418 g/mol. The molecule has 0 fully saturated rings. The quantitative estimate of drug-likeness (QED) is 0.468. The average molecular weight is 448 g/mol. The van der Waals surface area contributed by atoms with E-state index in [0.717, 1.165) is 40.5 Å². The zero-order valence-corrected chi connectivity index (χ0v) is 19.9. The van der Waals surface area contributed by atoms with Crippen molar-refractivity contribution in [3.63, 3.8) is 0 Å². The predicted octanol–water partition coefficient (Wildman–Crippen LogP) is 5.33. The van der Waals surface area contributed by atoms with Crippen LogP contribution in [0.5, 0.6) is 5.75 Å². The van der Waals surface area contributed by atoms with Gasteiger partial charge >= 0.3 is 0 Å². The molecule has 1 amide bonds. The summed E-state index contributed by atoms with van der Waals surface area (Å²) in [7, 11) is 1.61. The van der Waals surface area contributed by atoms with E-state index >= 15 is 0 Å². The minimum Gasteiger partial charge on any atom is -0.497 e. The number of ether oxygens (including phenoxy) is 1. The van der Waals surface area contributed by atoms with Gasteiger partial charge in [0.15, 0.2) is 5.13 Å². The van der Waals surface area contributed by atoms with E-state index in [4.69, 9.17) is 9.72 Å². The number of methoxy groups -OCH3 is 1. The summed E-state index contributed by atoms with van der Waals surface area (Å²) in [6, 6.07) is 11.6. The summed E-state index contributed by atoms with van der Waals surface area (Å²) in [5, 5.41) is 0.744. The van der Waals surface area contributed by atoms with Crippen LogP contribution >= 0.6 is 23.7 Å². The Kier molecular flexibility index (Phi) is 8.65. The fourth-order valence-electron chi connectivity index (χ4n) is 3.45. The lowest BCUT2D eigenvalue weighted by atomic mass is 10.1. The Balaban J connectivity index is 0.00000320. The van der Waals surface area contributed by atoms with Gasteiger partial charge < -0.3 is 9.64 Å². The zero-order valence-electron chi connectivity index (χ0n) is 18.3. The lowest BCUT2D eigenvalue weighted by Gasteiger charge is -2.24. The van der Waals surface area contributed by atoms with Crippen LogP contribution in [0.25, 0.3) is 10.2 Å². The number of aromatic nitrogens is 1. The Morgan fingerprint density at radius 3 is 2.50 bits per heavy atom. The number of anilines is 1. The molecule has 30 heavy (non-hydrogen) atoms. The van der Waals surface area contributed by atoms with Crippen molar-refractivity contribution in [2.75, 3.05) is 38.2 Å². The smallest absolute Gasteiger partial charge is 0.260 e. The monoisotopic (exact) mass is 447 g/mol. The van der Waals surface area contributed by atoms with Crippen molar-refractivity contribution in [2.24, 2.45) is 0 Å². The summed E-state index contributed by atoms with van der Waals surface area (Å²) < 4.78 is 6.42. The van der Waals surface area contributed by atoms with Gasteiger partial charge in [0.1, 0.15) is 5.75 Å². The summed E-state index contributed by atoms with van der Waals surface area (Å²) in [5.41, 5.74) is 3.93. The number of benzene rings is 2. The highest BCUT2D eigenvalue weighted by molar-refractivity contribution is 7.22. The second kappa shape index (κ2) is 10.8. The molecular formula is C23H30ClN3O2S. The molecule has 3 rings (SSSR count). The Morgan fingerprint density at radius 2 is 1.83 bits per heavy atom. The maximum absolute atomic E-state index is 13.4. The standard InChI is InChI=1S/C23H29N3O2S.ClH/c1-6-25(7-2)11-12-26(22(27)18-9-8-10-19(15-18)28-5)23-24-21-17(4)13-16(3)14-20(21)29-23;/h8-10,13-15H,6-7,11-12H2,1-5H3;1H. The predicted molar refractivity (Wildman–Crippen MR) is 129 cm³/mol. The number of likely N-dealkylation sites (N-methyl/N-ethyl adjacent to an activating group) is 1. The second-order valence-electron chi connectivity index (χ2n) is 7.14. The molecule has 0 spiro atoms. The molecule has 7 heteroatoms. The highest BCUT2D eigenvalue weighted by atomic mass is 35.5. The van der Waals surface area contributed by atoms with Crippen molar-refractivity contribution >= 4 is 45.0 Å². The van der Waals surface area contributed by atoms with Gasteiger partial charge in [-0.2, -0.15) is 0 Å². The van der Waals surface area contributed by atoms with Crippen molar-refractivity contribution in [3.05, 3.63) is 53.1 Å². The molecule has 0 radical (unpaired) electrons. The minimum absolute atomic E-state index is 0. The van der Waals surface area contributed by atoms with E-state index in [-0.39, 0.29) is 18.3 Å². The summed E-state index contributed by atoms with van der Waals surface area (Å²) >= 11 is 1.58. The van der Waals surface area contributed by atoms with E-state index in [1.165, 1.54) is 5.56 Å². The number of rotatable bonds is 8. The Bertz CT molecular complexity index is 1000. The van der Waals surface area contributed by atoms with Gasteiger partial charge in [-0.05, 0) is 62.3 Å². The number of thiazole rings is 1. The molecule has 162 valence electrons. The maximum Gasteiger partial charge on any atom is 0.260 e. The Morgan fingerprint density at radius 1 is 1.10 bits per heavy atom. The number of amides is 1. The number of halogens is 1. The van der Waals surface area contributed by atoms with E-state index in [0.29, 0.717) is 17.9 Å². The molecule has 3 aromatic rings. The normalized spacial score (nSPS) is 10.9. The highest BCUT2D eigenvalue weighted by Gasteiger charge is 2.22. The van der Waals surface area contributed by atoms with Gasteiger partial charge in [0.2, 0.25) is 0 Å². The summed E-state index contributed by atoms with van der Waals surface area (Å²) in [4.78, 5) is 22.4. The first-order chi connectivity index (χ1) is 14.0. The van der Waals surface area contributed by atoms with Crippen molar-refractivity contribution in [1.82, 2.24) is 9.88 Å². The fraction of sp³-hybridized carbons (Fsp3) is 0.391. The topological polar surface area (TPSA) is 45.7 Å². The van der Waals surface area contributed by atoms with Crippen LogP contribution in [0.4, 0.5) is 5.13 Å². The number of carbonyl (C=O) groups excluding carboxylic acids is 1. The first kappa shape index (κ1) is 24.1. The van der Waals surface area contributed by atoms with E-state index in [1.54, 1.807) is 24.5 Å². The van der Waals surface area contributed by atoms with Crippen LogP contribution in [0.2, 0.25) is 0 Å². The van der Waals surface area contributed by atoms with Crippen LogP contribution in [0.3, 0.4) is 0 Å². The molecule has 1 aromatic heterocycles. The highest BCUT2D eigenvalue weighted by Crippen LogP contribution is 2.32. The van der Waals surface area contributed by atoms with Gasteiger partial charge in [-0.25, -0.2) is 4.98 Å². The molecule has 5 nitrogen and oxygen atoms in total. The number of hydrogen-bond donors (Lipinski definition) is 0. The lowest BCUT2D eigenvalue weighted by Crippen LogP contribution is -2.38. The molecule has 0 unspecified atom stereocenters. The van der Waals surface area contributed by atoms with E-state index in [1.807, 2.05) is 23.1 Å². The van der Waals surface area contributed by atoms with Gasteiger partial charge in [-0.15, -0.1) is 12.4 Å². The SMILES string of the molecule is CCN(CC)CCN(C(=O)c1cccc(OC)c1)c1nc2c(C)cc(C)cc2s1.Cl. The van der Waals surface area contributed by atoms with Crippen LogP contribution in [0.1, 0.15) is 35.3 Å². The minimum atomic E-state index is -0.0514. The average Bonchev–Trinajstić information content (AvgIpc) is 3.15. The summed E-state index contributed by atoms with van der Waals surface area (Å²) in [6.45, 7) is 11.7. The van der Waals surface area contributed by atoms with Gasteiger partial charge in [0.05, 0.1) is 17.3 Å². The van der Waals surface area contributed by atoms with Gasteiger partial charge in [0.25, 0.3) is 5.91 Å².